The van der Waals surface area contributed by atoms with Crippen LogP contribution in [0, 0.1) is 5.92 Å². The number of primary amides is 1. The Kier molecular flexibility index (Phi) is 5.06. The molecule has 0 aromatic carbocycles. The highest BCUT2D eigenvalue weighted by Gasteiger charge is 2.13. The van der Waals surface area contributed by atoms with E-state index in [1.54, 1.807) is 6.92 Å². The molecule has 2 N–H and O–H groups in total. The number of hydrogen-bond donors (Lipinski definition) is 1. The molecule has 1 atom stereocenters. The lowest BCUT2D eigenvalue weighted by atomic mass is 10.1. The van der Waals surface area contributed by atoms with Crippen molar-refractivity contribution >= 4 is 11.8 Å². The third kappa shape index (κ3) is 4.47. The highest BCUT2D eigenvalue weighted by molar-refractivity contribution is 5.78. The van der Waals surface area contributed by atoms with Crippen molar-refractivity contribution in [3.05, 3.63) is 0 Å². The molecule has 0 aliphatic heterocycles. The molecule has 76 valence electrons. The zero-order valence-corrected chi connectivity index (χ0v) is 8.24. The van der Waals surface area contributed by atoms with E-state index < -0.39 is 0 Å². The second-order valence-electron chi connectivity index (χ2n) is 2.92. The average Bonchev–Trinajstić information content (AvgIpc) is 2.11. The summed E-state index contributed by atoms with van der Waals surface area (Å²) in [7, 11) is 2.94. The Morgan fingerprint density at radius 3 is 2.46 bits per heavy atom. The van der Waals surface area contributed by atoms with E-state index in [0.29, 0.717) is 6.42 Å². The fraction of sp³-hybridized carbons (Fsp3) is 0.750. The van der Waals surface area contributed by atoms with E-state index in [2.05, 4.69) is 4.84 Å². The van der Waals surface area contributed by atoms with E-state index in [9.17, 15) is 9.59 Å². The molecular weight excluding hydrogens is 172 g/mol. The lowest BCUT2D eigenvalue weighted by molar-refractivity contribution is -0.168. The van der Waals surface area contributed by atoms with Gasteiger partial charge in [0.15, 0.2) is 0 Å². The number of carbonyl (C=O) groups excluding carboxylic acids is 2. The normalized spacial score (nSPS) is 12.2. The molecule has 0 bridgehead atoms. The second kappa shape index (κ2) is 5.53. The molecule has 5 heteroatoms. The van der Waals surface area contributed by atoms with Gasteiger partial charge in [0.25, 0.3) is 0 Å². The number of amides is 2. The molecular formula is C8H16N2O3. The maximum absolute atomic E-state index is 11.1. The third-order valence-electron chi connectivity index (χ3n) is 1.90. The van der Waals surface area contributed by atoms with Gasteiger partial charge in [-0.3, -0.25) is 14.4 Å². The fourth-order valence-corrected chi connectivity index (χ4v) is 0.742. The Morgan fingerprint density at radius 2 is 2.08 bits per heavy atom. The number of rotatable bonds is 5. The molecule has 0 aromatic rings. The summed E-state index contributed by atoms with van der Waals surface area (Å²) in [6.07, 6.45) is 0.732. The summed E-state index contributed by atoms with van der Waals surface area (Å²) in [6, 6.07) is 0. The second-order valence-corrected chi connectivity index (χ2v) is 2.92. The summed E-state index contributed by atoms with van der Waals surface area (Å²) < 4.78 is 0. The Hall–Kier alpha value is -1.10. The first-order chi connectivity index (χ1) is 5.99. The molecule has 13 heavy (non-hydrogen) atoms. The van der Waals surface area contributed by atoms with Crippen molar-refractivity contribution in [2.75, 3.05) is 14.2 Å². The van der Waals surface area contributed by atoms with Crippen LogP contribution < -0.4 is 5.73 Å². The van der Waals surface area contributed by atoms with Gasteiger partial charge >= 0.3 is 0 Å². The van der Waals surface area contributed by atoms with Gasteiger partial charge in [0, 0.05) is 19.4 Å². The summed E-state index contributed by atoms with van der Waals surface area (Å²) in [5.74, 6) is -0.808. The summed E-state index contributed by atoms with van der Waals surface area (Å²) in [6.45, 7) is 1.70. The minimum Gasteiger partial charge on any atom is -0.369 e. The number of nitrogens with zero attached hydrogens (tertiary/aromatic N) is 1. The molecule has 5 nitrogen and oxygen atoms in total. The van der Waals surface area contributed by atoms with E-state index >= 15 is 0 Å². The molecule has 2 amide bonds. The van der Waals surface area contributed by atoms with Crippen LogP contribution in [0.2, 0.25) is 0 Å². The van der Waals surface area contributed by atoms with Gasteiger partial charge in [-0.2, -0.15) is 0 Å². The first-order valence-corrected chi connectivity index (χ1v) is 4.09. The number of carbonyl (C=O) groups is 2. The lowest BCUT2D eigenvalue weighted by Gasteiger charge is -2.14. The van der Waals surface area contributed by atoms with Gasteiger partial charge in [-0.25, -0.2) is 5.06 Å². The molecule has 0 saturated heterocycles. The van der Waals surface area contributed by atoms with E-state index in [-0.39, 0.29) is 24.2 Å². The van der Waals surface area contributed by atoms with Gasteiger partial charge < -0.3 is 5.73 Å². The lowest BCUT2D eigenvalue weighted by Crippen LogP contribution is -2.27. The van der Waals surface area contributed by atoms with E-state index in [1.165, 1.54) is 14.2 Å². The van der Waals surface area contributed by atoms with Crippen LogP contribution in [0.3, 0.4) is 0 Å². The first kappa shape index (κ1) is 11.9. The molecule has 0 aliphatic carbocycles. The standard InChI is InChI=1S/C8H16N2O3/c1-6(8(9)12)4-5-7(11)10(2)13-3/h6H,4-5H2,1-3H3,(H2,9,12). The van der Waals surface area contributed by atoms with Crippen LogP contribution in [0.15, 0.2) is 0 Å². The van der Waals surface area contributed by atoms with Gasteiger partial charge in [0.2, 0.25) is 11.8 Å². The van der Waals surface area contributed by atoms with E-state index in [1.807, 2.05) is 0 Å². The highest BCUT2D eigenvalue weighted by atomic mass is 16.7. The highest BCUT2D eigenvalue weighted by Crippen LogP contribution is 2.05. The van der Waals surface area contributed by atoms with Crippen molar-refractivity contribution in [2.24, 2.45) is 11.7 Å². The molecule has 0 aromatic heterocycles. The summed E-state index contributed by atoms with van der Waals surface area (Å²) >= 11 is 0. The zero-order valence-electron chi connectivity index (χ0n) is 8.24. The van der Waals surface area contributed by atoms with Crippen LogP contribution in [0.5, 0.6) is 0 Å². The van der Waals surface area contributed by atoms with E-state index in [4.69, 9.17) is 5.73 Å². The molecule has 0 radical (unpaired) electrons. The maximum atomic E-state index is 11.1. The van der Waals surface area contributed by atoms with Gasteiger partial charge in [-0.15, -0.1) is 0 Å². The van der Waals surface area contributed by atoms with Crippen molar-refractivity contribution < 1.29 is 14.4 Å². The summed E-state index contributed by atoms with van der Waals surface area (Å²) in [4.78, 5) is 26.4. The Morgan fingerprint density at radius 1 is 1.54 bits per heavy atom. The third-order valence-corrected chi connectivity index (χ3v) is 1.90. The topological polar surface area (TPSA) is 72.6 Å². The van der Waals surface area contributed by atoms with Crippen LogP contribution in [0.4, 0.5) is 0 Å². The molecule has 0 aliphatic rings. The number of hydroxylamine groups is 2. The van der Waals surface area contributed by atoms with Gasteiger partial charge in [0.1, 0.15) is 0 Å². The van der Waals surface area contributed by atoms with Crippen molar-refractivity contribution in [3.63, 3.8) is 0 Å². The molecule has 0 rings (SSSR count). The maximum Gasteiger partial charge on any atom is 0.245 e. The van der Waals surface area contributed by atoms with Gasteiger partial charge in [-0.1, -0.05) is 6.92 Å². The van der Waals surface area contributed by atoms with Gasteiger partial charge in [-0.05, 0) is 6.42 Å². The largest absolute Gasteiger partial charge is 0.369 e. The van der Waals surface area contributed by atoms with Crippen molar-refractivity contribution in [1.29, 1.82) is 0 Å². The van der Waals surface area contributed by atoms with Crippen molar-refractivity contribution in [2.45, 2.75) is 19.8 Å². The number of hydrogen-bond acceptors (Lipinski definition) is 3. The van der Waals surface area contributed by atoms with Crippen LogP contribution in [-0.2, 0) is 14.4 Å². The molecule has 0 fully saturated rings. The first-order valence-electron chi connectivity index (χ1n) is 4.09. The molecule has 1 unspecified atom stereocenters. The van der Waals surface area contributed by atoms with Crippen molar-refractivity contribution in [1.82, 2.24) is 5.06 Å². The molecule has 0 saturated carbocycles. The van der Waals surface area contributed by atoms with E-state index in [0.717, 1.165) is 5.06 Å². The van der Waals surface area contributed by atoms with Crippen LogP contribution in [-0.4, -0.2) is 31.0 Å². The molecule has 0 spiro atoms. The predicted octanol–water partition coefficient (Wildman–Crippen LogP) is -0.0922. The smallest absolute Gasteiger partial charge is 0.245 e. The Bertz CT molecular complexity index is 194. The fourth-order valence-electron chi connectivity index (χ4n) is 0.742. The summed E-state index contributed by atoms with van der Waals surface area (Å²) in [5.41, 5.74) is 5.04. The molecule has 0 heterocycles. The minimum atomic E-state index is -0.382. The monoisotopic (exact) mass is 188 g/mol. The van der Waals surface area contributed by atoms with Crippen LogP contribution in [0.1, 0.15) is 19.8 Å². The Balaban J connectivity index is 3.76. The number of nitrogens with two attached hydrogens (primary N) is 1. The average molecular weight is 188 g/mol. The van der Waals surface area contributed by atoms with Gasteiger partial charge in [0.05, 0.1) is 7.11 Å². The summed E-state index contributed by atoms with van der Waals surface area (Å²) in [5, 5.41) is 1.13. The Labute approximate surface area is 77.8 Å². The van der Waals surface area contributed by atoms with Crippen LogP contribution >= 0.6 is 0 Å². The van der Waals surface area contributed by atoms with Crippen molar-refractivity contribution in [3.8, 4) is 0 Å². The predicted molar refractivity (Wildman–Crippen MR) is 47.4 cm³/mol. The zero-order chi connectivity index (χ0) is 10.4. The minimum absolute atomic E-state index is 0.157. The van der Waals surface area contributed by atoms with Crippen LogP contribution in [0.25, 0.3) is 0 Å². The quantitative estimate of drug-likeness (QED) is 0.613. The SMILES string of the molecule is CON(C)C(=O)CCC(C)C(N)=O.